The molecule has 0 amide bonds. The molecule has 1 N–H and O–H groups in total. The average molecular weight is 324 g/mol. The van der Waals surface area contributed by atoms with E-state index in [9.17, 15) is 0 Å². The summed E-state index contributed by atoms with van der Waals surface area (Å²) in [4.78, 5) is 2.28. The highest BCUT2D eigenvalue weighted by atomic mass is 35.5. The zero-order valence-corrected chi connectivity index (χ0v) is 13.2. The fraction of sp³-hybridized carbons (Fsp3) is 0.250. The SMILES string of the molecule is Clc1ccc(Sc2ccccc2Cl)c(CNC2CC2)c1. The molecule has 104 valence electrons. The van der Waals surface area contributed by atoms with Crippen LogP contribution in [0.1, 0.15) is 18.4 Å². The highest BCUT2D eigenvalue weighted by Gasteiger charge is 2.20. The molecular weight excluding hydrogens is 309 g/mol. The Kier molecular flexibility index (Phi) is 4.57. The molecule has 3 rings (SSSR count). The maximum absolute atomic E-state index is 6.23. The molecule has 0 saturated heterocycles. The van der Waals surface area contributed by atoms with Crippen LogP contribution < -0.4 is 5.32 Å². The molecule has 0 radical (unpaired) electrons. The summed E-state index contributed by atoms with van der Waals surface area (Å²) in [5.74, 6) is 0. The lowest BCUT2D eigenvalue weighted by molar-refractivity contribution is 0.680. The van der Waals surface area contributed by atoms with E-state index in [0.29, 0.717) is 6.04 Å². The van der Waals surface area contributed by atoms with Gasteiger partial charge in [0.25, 0.3) is 0 Å². The minimum Gasteiger partial charge on any atom is -0.310 e. The third-order valence-electron chi connectivity index (χ3n) is 3.24. The number of benzene rings is 2. The zero-order valence-electron chi connectivity index (χ0n) is 10.9. The molecule has 2 aromatic carbocycles. The first kappa shape index (κ1) is 14.3. The Morgan fingerprint density at radius 2 is 1.85 bits per heavy atom. The van der Waals surface area contributed by atoms with Gasteiger partial charge in [0.05, 0.1) is 5.02 Å². The van der Waals surface area contributed by atoms with Crippen molar-refractivity contribution in [3.05, 3.63) is 58.1 Å². The topological polar surface area (TPSA) is 12.0 Å². The minimum absolute atomic E-state index is 0.687. The van der Waals surface area contributed by atoms with E-state index in [1.165, 1.54) is 23.3 Å². The molecule has 2 aromatic rings. The van der Waals surface area contributed by atoms with Crippen molar-refractivity contribution >= 4 is 35.0 Å². The number of nitrogens with one attached hydrogen (secondary N) is 1. The van der Waals surface area contributed by atoms with E-state index in [1.807, 2.05) is 36.4 Å². The van der Waals surface area contributed by atoms with Gasteiger partial charge in [-0.2, -0.15) is 0 Å². The molecule has 0 aliphatic heterocycles. The second kappa shape index (κ2) is 6.40. The van der Waals surface area contributed by atoms with E-state index < -0.39 is 0 Å². The summed E-state index contributed by atoms with van der Waals surface area (Å²) >= 11 is 14.0. The van der Waals surface area contributed by atoms with Crippen LogP contribution in [0.3, 0.4) is 0 Å². The van der Waals surface area contributed by atoms with Gasteiger partial charge >= 0.3 is 0 Å². The third-order valence-corrected chi connectivity index (χ3v) is 5.11. The lowest BCUT2D eigenvalue weighted by atomic mass is 10.2. The van der Waals surface area contributed by atoms with Crippen molar-refractivity contribution in [3.63, 3.8) is 0 Å². The van der Waals surface area contributed by atoms with Crippen molar-refractivity contribution in [1.82, 2.24) is 5.32 Å². The first-order valence-corrected chi connectivity index (χ1v) is 8.24. The first-order valence-electron chi connectivity index (χ1n) is 6.66. The van der Waals surface area contributed by atoms with Gasteiger partial charge in [-0.05, 0) is 48.7 Å². The molecule has 20 heavy (non-hydrogen) atoms. The van der Waals surface area contributed by atoms with Gasteiger partial charge in [-0.25, -0.2) is 0 Å². The van der Waals surface area contributed by atoms with Crippen LogP contribution in [0.4, 0.5) is 0 Å². The normalized spacial score (nSPS) is 14.5. The number of hydrogen-bond acceptors (Lipinski definition) is 2. The predicted molar refractivity (Wildman–Crippen MR) is 86.9 cm³/mol. The third kappa shape index (κ3) is 3.70. The van der Waals surface area contributed by atoms with E-state index in [2.05, 4.69) is 11.4 Å². The standard InChI is InChI=1S/C16H15Cl2NS/c17-12-5-8-15(11(9-12)10-19-13-6-7-13)20-16-4-2-1-3-14(16)18/h1-5,8-9,13,19H,6-7,10H2. The lowest BCUT2D eigenvalue weighted by Gasteiger charge is -2.11. The van der Waals surface area contributed by atoms with E-state index in [-0.39, 0.29) is 0 Å². The van der Waals surface area contributed by atoms with Crippen molar-refractivity contribution in [3.8, 4) is 0 Å². The summed E-state index contributed by atoms with van der Waals surface area (Å²) < 4.78 is 0. The van der Waals surface area contributed by atoms with Crippen LogP contribution in [0.15, 0.2) is 52.3 Å². The Labute approximate surface area is 133 Å². The highest BCUT2D eigenvalue weighted by Crippen LogP contribution is 2.36. The van der Waals surface area contributed by atoms with Gasteiger partial charge in [0.1, 0.15) is 0 Å². The Morgan fingerprint density at radius 3 is 2.60 bits per heavy atom. The Bertz CT molecular complexity index is 611. The molecule has 0 atom stereocenters. The number of halogens is 2. The average Bonchev–Trinajstić information content (AvgIpc) is 3.25. The smallest absolute Gasteiger partial charge is 0.0545 e. The lowest BCUT2D eigenvalue weighted by Crippen LogP contribution is -2.15. The number of hydrogen-bond donors (Lipinski definition) is 1. The second-order valence-corrected chi connectivity index (χ2v) is 6.87. The van der Waals surface area contributed by atoms with Crippen LogP contribution in [-0.2, 0) is 6.54 Å². The number of rotatable bonds is 5. The van der Waals surface area contributed by atoms with Crippen LogP contribution in [0, 0.1) is 0 Å². The summed E-state index contributed by atoms with van der Waals surface area (Å²) in [6.45, 7) is 0.859. The zero-order chi connectivity index (χ0) is 13.9. The van der Waals surface area contributed by atoms with Gasteiger partial charge in [0.15, 0.2) is 0 Å². The molecule has 4 heteroatoms. The maximum Gasteiger partial charge on any atom is 0.0545 e. The minimum atomic E-state index is 0.687. The van der Waals surface area contributed by atoms with Crippen molar-refractivity contribution in [2.75, 3.05) is 0 Å². The molecule has 0 spiro atoms. The highest BCUT2D eigenvalue weighted by molar-refractivity contribution is 7.99. The molecule has 1 fully saturated rings. The van der Waals surface area contributed by atoms with Gasteiger partial charge in [0.2, 0.25) is 0 Å². The monoisotopic (exact) mass is 323 g/mol. The van der Waals surface area contributed by atoms with Crippen molar-refractivity contribution < 1.29 is 0 Å². The van der Waals surface area contributed by atoms with E-state index in [1.54, 1.807) is 11.8 Å². The van der Waals surface area contributed by atoms with Crippen LogP contribution in [0.2, 0.25) is 10.0 Å². The van der Waals surface area contributed by atoms with Crippen LogP contribution >= 0.6 is 35.0 Å². The van der Waals surface area contributed by atoms with Gasteiger partial charge in [0, 0.05) is 27.4 Å². The molecule has 1 saturated carbocycles. The van der Waals surface area contributed by atoms with E-state index >= 15 is 0 Å². The van der Waals surface area contributed by atoms with E-state index in [0.717, 1.165) is 21.5 Å². The van der Waals surface area contributed by atoms with Gasteiger partial charge < -0.3 is 5.32 Å². The summed E-state index contributed by atoms with van der Waals surface area (Å²) in [6, 6.07) is 14.6. The fourth-order valence-corrected chi connectivity index (χ4v) is 3.37. The maximum atomic E-state index is 6.23. The quantitative estimate of drug-likeness (QED) is 0.790. The molecule has 1 aliphatic rings. The van der Waals surface area contributed by atoms with Gasteiger partial charge in [-0.1, -0.05) is 47.1 Å². The summed E-state index contributed by atoms with van der Waals surface area (Å²) in [5.41, 5.74) is 1.23. The molecule has 0 unspecified atom stereocenters. The molecule has 0 aromatic heterocycles. The fourth-order valence-electron chi connectivity index (χ4n) is 1.97. The predicted octanol–water partition coefficient (Wildman–Crippen LogP) is 5.40. The first-order chi connectivity index (χ1) is 9.72. The molecule has 0 bridgehead atoms. The second-order valence-electron chi connectivity index (χ2n) is 4.94. The molecule has 1 aliphatic carbocycles. The Balaban J connectivity index is 1.82. The van der Waals surface area contributed by atoms with Crippen LogP contribution in [0.25, 0.3) is 0 Å². The van der Waals surface area contributed by atoms with Crippen LogP contribution in [-0.4, -0.2) is 6.04 Å². The van der Waals surface area contributed by atoms with E-state index in [4.69, 9.17) is 23.2 Å². The molecule has 1 nitrogen and oxygen atoms in total. The molecular formula is C16H15Cl2NS. The van der Waals surface area contributed by atoms with Crippen molar-refractivity contribution in [1.29, 1.82) is 0 Å². The van der Waals surface area contributed by atoms with Gasteiger partial charge in [-0.15, -0.1) is 0 Å². The van der Waals surface area contributed by atoms with Crippen LogP contribution in [0.5, 0.6) is 0 Å². The molecule has 0 heterocycles. The van der Waals surface area contributed by atoms with Crippen molar-refractivity contribution in [2.24, 2.45) is 0 Å². The van der Waals surface area contributed by atoms with Crippen molar-refractivity contribution in [2.45, 2.75) is 35.2 Å². The summed E-state index contributed by atoms with van der Waals surface area (Å²) in [5, 5.41) is 5.10. The Hall–Kier alpha value is -0.670. The summed E-state index contributed by atoms with van der Waals surface area (Å²) in [7, 11) is 0. The van der Waals surface area contributed by atoms with Gasteiger partial charge in [-0.3, -0.25) is 0 Å². The largest absolute Gasteiger partial charge is 0.310 e. The summed E-state index contributed by atoms with van der Waals surface area (Å²) in [6.07, 6.45) is 2.57. The Morgan fingerprint density at radius 1 is 1.05 bits per heavy atom.